The lowest BCUT2D eigenvalue weighted by atomic mass is 10.0. The molecule has 0 amide bonds. The Balaban J connectivity index is 2.59. The van der Waals surface area contributed by atoms with E-state index in [2.05, 4.69) is 0 Å². The van der Waals surface area contributed by atoms with E-state index in [1.165, 1.54) is 6.26 Å². The van der Waals surface area contributed by atoms with Gasteiger partial charge < -0.3 is 10.5 Å². The monoisotopic (exact) mass is 257 g/mol. The average molecular weight is 257 g/mol. The predicted octanol–water partition coefficient (Wildman–Crippen LogP) is 1.000. The minimum Gasteiger partial charge on any atom is -0.496 e. The Labute approximate surface area is 103 Å². The van der Waals surface area contributed by atoms with Crippen molar-refractivity contribution in [3.05, 3.63) is 29.8 Å². The maximum atomic E-state index is 11.0. The molecular formula is C12H19NO3S. The Morgan fingerprint density at radius 1 is 1.35 bits per heavy atom. The van der Waals surface area contributed by atoms with Crippen molar-refractivity contribution in [3.8, 4) is 5.75 Å². The fraction of sp³-hybridized carbons (Fsp3) is 0.500. The lowest BCUT2D eigenvalue weighted by Crippen LogP contribution is -2.26. The van der Waals surface area contributed by atoms with Crippen LogP contribution < -0.4 is 10.5 Å². The van der Waals surface area contributed by atoms with Crippen molar-refractivity contribution in [1.29, 1.82) is 0 Å². The maximum absolute atomic E-state index is 11.0. The second-order valence-electron chi connectivity index (χ2n) is 4.19. The summed E-state index contributed by atoms with van der Waals surface area (Å²) >= 11 is 0. The number of hydrogen-bond acceptors (Lipinski definition) is 4. The van der Waals surface area contributed by atoms with Gasteiger partial charge in [-0.1, -0.05) is 18.2 Å². The zero-order valence-corrected chi connectivity index (χ0v) is 11.0. The van der Waals surface area contributed by atoms with Crippen LogP contribution in [0.25, 0.3) is 0 Å². The fourth-order valence-corrected chi connectivity index (χ4v) is 2.35. The van der Waals surface area contributed by atoms with Gasteiger partial charge in [0, 0.05) is 12.3 Å². The van der Waals surface area contributed by atoms with Crippen LogP contribution in [-0.2, 0) is 16.3 Å². The average Bonchev–Trinajstić information content (AvgIpc) is 2.26. The molecule has 0 saturated heterocycles. The van der Waals surface area contributed by atoms with Gasteiger partial charge in [-0.25, -0.2) is 8.42 Å². The highest BCUT2D eigenvalue weighted by Gasteiger charge is 2.11. The Morgan fingerprint density at radius 2 is 2.00 bits per heavy atom. The molecule has 17 heavy (non-hydrogen) atoms. The van der Waals surface area contributed by atoms with Gasteiger partial charge in [0.05, 0.1) is 12.9 Å². The van der Waals surface area contributed by atoms with Gasteiger partial charge in [0.25, 0.3) is 0 Å². The number of para-hydroxylation sites is 1. The summed E-state index contributed by atoms with van der Waals surface area (Å²) < 4.78 is 27.3. The molecule has 0 spiro atoms. The number of methoxy groups -OCH3 is 1. The Morgan fingerprint density at radius 3 is 2.59 bits per heavy atom. The van der Waals surface area contributed by atoms with E-state index in [0.717, 1.165) is 11.3 Å². The van der Waals surface area contributed by atoms with E-state index in [9.17, 15) is 8.42 Å². The first-order chi connectivity index (χ1) is 7.92. The number of hydrogen-bond donors (Lipinski definition) is 1. The minimum atomic E-state index is -2.94. The Bertz CT molecular complexity index is 457. The number of sulfone groups is 1. The van der Waals surface area contributed by atoms with Crippen LogP contribution in [0.4, 0.5) is 0 Å². The first kappa shape index (κ1) is 14.0. The SMILES string of the molecule is COc1ccccc1CC(N)CCS(C)(=O)=O. The molecule has 96 valence electrons. The van der Waals surface area contributed by atoms with Crippen molar-refractivity contribution in [1.82, 2.24) is 0 Å². The molecule has 1 atom stereocenters. The van der Waals surface area contributed by atoms with Gasteiger partial charge in [0.1, 0.15) is 15.6 Å². The summed E-state index contributed by atoms with van der Waals surface area (Å²) in [6, 6.07) is 7.46. The van der Waals surface area contributed by atoms with Crippen LogP contribution >= 0.6 is 0 Å². The molecule has 0 fully saturated rings. The van der Waals surface area contributed by atoms with E-state index >= 15 is 0 Å². The molecule has 4 nitrogen and oxygen atoms in total. The van der Waals surface area contributed by atoms with E-state index in [0.29, 0.717) is 12.8 Å². The standard InChI is InChI=1S/C12H19NO3S/c1-16-12-6-4-3-5-10(12)9-11(13)7-8-17(2,14)15/h3-6,11H,7-9,13H2,1-2H3. The zero-order valence-electron chi connectivity index (χ0n) is 10.2. The molecule has 0 heterocycles. The van der Waals surface area contributed by atoms with Gasteiger partial charge in [-0.05, 0) is 24.5 Å². The minimum absolute atomic E-state index is 0.128. The molecule has 0 saturated carbocycles. The van der Waals surface area contributed by atoms with Crippen molar-refractivity contribution in [3.63, 3.8) is 0 Å². The van der Waals surface area contributed by atoms with E-state index in [4.69, 9.17) is 10.5 Å². The largest absolute Gasteiger partial charge is 0.496 e. The van der Waals surface area contributed by atoms with Gasteiger partial charge in [-0.15, -0.1) is 0 Å². The van der Waals surface area contributed by atoms with Gasteiger partial charge in [0.15, 0.2) is 0 Å². The summed E-state index contributed by atoms with van der Waals surface area (Å²) in [4.78, 5) is 0. The smallest absolute Gasteiger partial charge is 0.147 e. The van der Waals surface area contributed by atoms with E-state index in [-0.39, 0.29) is 11.8 Å². The molecule has 2 N–H and O–H groups in total. The Hall–Kier alpha value is -1.07. The van der Waals surface area contributed by atoms with E-state index < -0.39 is 9.84 Å². The first-order valence-corrected chi connectivity index (χ1v) is 7.53. The van der Waals surface area contributed by atoms with Crippen molar-refractivity contribution in [2.45, 2.75) is 18.9 Å². The summed E-state index contributed by atoms with van der Waals surface area (Å²) in [5.74, 6) is 0.922. The molecule has 0 aromatic heterocycles. The van der Waals surface area contributed by atoms with Crippen LogP contribution in [-0.4, -0.2) is 33.6 Å². The van der Waals surface area contributed by atoms with Crippen molar-refractivity contribution >= 4 is 9.84 Å². The number of benzene rings is 1. The summed E-state index contributed by atoms with van der Waals surface area (Å²) in [5, 5.41) is 0. The third-order valence-electron chi connectivity index (χ3n) is 2.53. The normalized spacial score (nSPS) is 13.4. The molecule has 0 radical (unpaired) electrons. The fourth-order valence-electron chi connectivity index (χ4n) is 1.62. The molecule has 0 aliphatic rings. The van der Waals surface area contributed by atoms with E-state index in [1.807, 2.05) is 24.3 Å². The van der Waals surface area contributed by atoms with Crippen LogP contribution in [0.3, 0.4) is 0 Å². The molecule has 5 heteroatoms. The van der Waals surface area contributed by atoms with Crippen LogP contribution in [0.5, 0.6) is 5.75 Å². The molecule has 1 unspecified atom stereocenters. The quantitative estimate of drug-likeness (QED) is 0.825. The first-order valence-electron chi connectivity index (χ1n) is 5.47. The number of rotatable bonds is 6. The van der Waals surface area contributed by atoms with Crippen LogP contribution in [0.2, 0.25) is 0 Å². The third-order valence-corrected chi connectivity index (χ3v) is 3.51. The second-order valence-corrected chi connectivity index (χ2v) is 6.45. The molecule has 0 aliphatic heterocycles. The third kappa shape index (κ3) is 5.19. The van der Waals surface area contributed by atoms with Crippen LogP contribution in [0.1, 0.15) is 12.0 Å². The second kappa shape index (κ2) is 6.02. The zero-order chi connectivity index (χ0) is 12.9. The van der Waals surface area contributed by atoms with Gasteiger partial charge in [-0.3, -0.25) is 0 Å². The summed E-state index contributed by atoms with van der Waals surface area (Å²) in [7, 11) is -1.33. The number of ether oxygens (including phenoxy) is 1. The predicted molar refractivity (Wildman–Crippen MR) is 69.0 cm³/mol. The molecular weight excluding hydrogens is 238 g/mol. The topological polar surface area (TPSA) is 69.4 Å². The van der Waals surface area contributed by atoms with Crippen LogP contribution in [0, 0.1) is 0 Å². The molecule has 1 rings (SSSR count). The highest BCUT2D eigenvalue weighted by molar-refractivity contribution is 7.90. The van der Waals surface area contributed by atoms with Crippen molar-refractivity contribution in [2.24, 2.45) is 5.73 Å². The molecule has 0 bridgehead atoms. The van der Waals surface area contributed by atoms with Gasteiger partial charge in [-0.2, -0.15) is 0 Å². The summed E-state index contributed by atoms with van der Waals surface area (Å²) in [5.41, 5.74) is 6.93. The van der Waals surface area contributed by atoms with E-state index in [1.54, 1.807) is 7.11 Å². The lowest BCUT2D eigenvalue weighted by Gasteiger charge is -2.13. The van der Waals surface area contributed by atoms with Crippen LogP contribution in [0.15, 0.2) is 24.3 Å². The molecule has 1 aromatic carbocycles. The number of nitrogens with two attached hydrogens (primary N) is 1. The maximum Gasteiger partial charge on any atom is 0.147 e. The summed E-state index contributed by atoms with van der Waals surface area (Å²) in [6.45, 7) is 0. The highest BCUT2D eigenvalue weighted by Crippen LogP contribution is 2.19. The van der Waals surface area contributed by atoms with Crippen molar-refractivity contribution in [2.75, 3.05) is 19.1 Å². The molecule has 0 aliphatic carbocycles. The highest BCUT2D eigenvalue weighted by atomic mass is 32.2. The molecule has 1 aromatic rings. The van der Waals surface area contributed by atoms with Crippen molar-refractivity contribution < 1.29 is 13.2 Å². The van der Waals surface area contributed by atoms with Gasteiger partial charge in [0.2, 0.25) is 0 Å². The Kier molecular flexibility index (Phi) is 4.96. The summed E-state index contributed by atoms with van der Waals surface area (Å²) in [6.07, 6.45) is 2.32. The lowest BCUT2D eigenvalue weighted by molar-refractivity contribution is 0.407. The van der Waals surface area contributed by atoms with Gasteiger partial charge >= 0.3 is 0 Å².